The van der Waals surface area contributed by atoms with Gasteiger partial charge in [0.05, 0.1) is 22.4 Å². The Hall–Kier alpha value is -12.5. The van der Waals surface area contributed by atoms with Crippen LogP contribution in [0.3, 0.4) is 0 Å². The molecule has 0 aliphatic rings. The van der Waals surface area contributed by atoms with Crippen molar-refractivity contribution in [3.63, 3.8) is 0 Å². The van der Waals surface area contributed by atoms with Crippen LogP contribution in [-0.2, 0) is 0 Å². The van der Waals surface area contributed by atoms with Crippen LogP contribution >= 0.6 is 22.7 Å². The number of hydrogen-bond donors (Lipinski definition) is 0. The maximum atomic E-state index is 5.22. The summed E-state index contributed by atoms with van der Waals surface area (Å²) in [7, 11) is 0. The Bertz CT molecular complexity index is 5890. The third-order valence-corrected chi connectivity index (χ3v) is 20.2. The molecule has 0 amide bonds. The van der Waals surface area contributed by atoms with Crippen molar-refractivity contribution < 1.29 is 8.83 Å². The summed E-state index contributed by atoms with van der Waals surface area (Å²) in [4.78, 5) is 17.6. The van der Waals surface area contributed by atoms with Gasteiger partial charge in [-0.15, -0.1) is 22.7 Å². The van der Waals surface area contributed by atoms with E-state index in [4.69, 9.17) is 8.83 Å². The number of oxazole rings is 2. The van der Waals surface area contributed by atoms with Crippen molar-refractivity contribution in [2.24, 2.45) is 0 Å². The molecule has 0 N–H and O–H groups in total. The number of thiazole rings is 2. The quantitative estimate of drug-likeness (QED) is 0.120. The minimum atomic E-state index is 0.829. The topological polar surface area (TPSA) is 77.8 Å². The predicted octanol–water partition coefficient (Wildman–Crippen LogP) is 25.5. The first-order chi connectivity index (χ1) is 48.5. The van der Waals surface area contributed by atoms with Crippen molar-refractivity contribution in [2.45, 2.75) is 0 Å². The van der Waals surface area contributed by atoms with Gasteiger partial charge in [0, 0.05) is 33.0 Å². The molecule has 15 aromatic carbocycles. The Labute approximate surface area is 573 Å². The van der Waals surface area contributed by atoms with Crippen molar-refractivity contribution in [1.29, 1.82) is 0 Å². The third kappa shape index (κ3) is 10.9. The summed E-state index contributed by atoms with van der Waals surface area (Å²) >= 11 is 3.25. The Morgan fingerprint density at radius 3 is 0.724 bits per heavy atom. The molecule has 0 aliphatic heterocycles. The lowest BCUT2D eigenvalue weighted by atomic mass is 9.86. The highest BCUT2D eigenvalue weighted by Crippen LogP contribution is 2.46. The molecule has 0 fully saturated rings. The van der Waals surface area contributed by atoms with Crippen LogP contribution in [0, 0.1) is 0 Å². The number of rotatable bonds is 11. The summed E-state index contributed by atoms with van der Waals surface area (Å²) in [5.74, 6) is 0. The van der Waals surface area contributed by atoms with E-state index in [2.05, 4.69) is 322 Å². The number of fused-ring (bicyclic) bond motifs is 12. The fourth-order valence-corrected chi connectivity index (χ4v) is 15.2. The van der Waals surface area contributed by atoms with E-state index in [1.165, 1.54) is 133 Å². The van der Waals surface area contributed by atoms with Crippen molar-refractivity contribution in [3.8, 4) is 123 Å². The molecular formula is C90H56N4O2S2. The fourth-order valence-electron chi connectivity index (χ4n) is 14.1. The van der Waals surface area contributed by atoms with Gasteiger partial charge in [0.1, 0.15) is 23.9 Å². The molecule has 0 radical (unpaired) electrons. The van der Waals surface area contributed by atoms with Gasteiger partial charge in [-0.2, -0.15) is 0 Å². The number of nitrogens with zero attached hydrogens (tertiary/aromatic N) is 4. The van der Waals surface area contributed by atoms with Crippen molar-refractivity contribution in [1.82, 2.24) is 19.9 Å². The zero-order valence-electron chi connectivity index (χ0n) is 52.8. The first-order valence-corrected chi connectivity index (χ1v) is 34.5. The van der Waals surface area contributed by atoms with Crippen molar-refractivity contribution >= 4 is 87.3 Å². The van der Waals surface area contributed by atoms with Gasteiger partial charge in [-0.1, -0.05) is 249 Å². The molecule has 0 saturated carbocycles. The molecular weight excluding hydrogens is 1230 g/mol. The lowest BCUT2D eigenvalue weighted by Crippen LogP contribution is -1.91. The highest BCUT2D eigenvalue weighted by molar-refractivity contribution is 7.08. The Morgan fingerprint density at radius 2 is 0.439 bits per heavy atom. The second-order valence-electron chi connectivity index (χ2n) is 24.6. The highest BCUT2D eigenvalue weighted by Gasteiger charge is 2.19. The van der Waals surface area contributed by atoms with Crippen LogP contribution in [0.25, 0.3) is 188 Å². The van der Waals surface area contributed by atoms with Crippen molar-refractivity contribution in [2.75, 3.05) is 0 Å². The molecule has 0 unspecified atom stereocenters. The average molecular weight is 1290 g/mol. The molecule has 0 atom stereocenters. The van der Waals surface area contributed by atoms with Gasteiger partial charge in [0.2, 0.25) is 0 Å². The van der Waals surface area contributed by atoms with Crippen LogP contribution in [-0.4, -0.2) is 19.9 Å². The van der Waals surface area contributed by atoms with E-state index in [1.54, 1.807) is 35.2 Å². The Balaban J connectivity index is 0.000000143. The van der Waals surface area contributed by atoms with Crippen LogP contribution in [0.15, 0.2) is 347 Å². The first kappa shape index (κ1) is 58.1. The minimum absolute atomic E-state index is 0.829. The summed E-state index contributed by atoms with van der Waals surface area (Å²) < 4.78 is 10.4. The third-order valence-electron chi connectivity index (χ3n) is 19.1. The molecule has 4 aromatic heterocycles. The van der Waals surface area contributed by atoms with E-state index in [9.17, 15) is 0 Å². The molecule has 19 rings (SSSR count). The second-order valence-corrected chi connectivity index (χ2v) is 26.1. The van der Waals surface area contributed by atoms with E-state index in [0.29, 0.717) is 0 Å². The molecule has 0 aliphatic carbocycles. The smallest absolute Gasteiger partial charge is 0.181 e. The van der Waals surface area contributed by atoms with E-state index in [1.807, 2.05) is 11.0 Å². The first-order valence-electron chi connectivity index (χ1n) is 32.6. The predicted molar refractivity (Wildman–Crippen MR) is 409 cm³/mol. The van der Waals surface area contributed by atoms with E-state index < -0.39 is 0 Å². The maximum Gasteiger partial charge on any atom is 0.181 e. The molecule has 4 heterocycles. The lowest BCUT2D eigenvalue weighted by Gasteiger charge is -2.18. The van der Waals surface area contributed by atoms with Crippen LogP contribution in [0.1, 0.15) is 0 Å². The lowest BCUT2D eigenvalue weighted by molar-refractivity contribution is 0.558. The SMILES string of the molecule is c1ccc(-c2cc3c4cc(-c5ccc(-c6cocn6)cc5)ccc4c4ccc(-c5ccc(-c6cocn6)cc5)cc4c3cc2-c2ccccc2)cc1.c1ccc(-c2ccc3c4cc(-c5ccc(-c6cscn6)cc5)ccc4c4ccc(-c5ccc(-c6cscn6)cc5)cc4c3c2)cc1. The standard InChI is InChI=1S/C48H30N2O2.C42H26N2S2/c1-3-7-33(8-4-1)41-25-45-43-23-37(31-11-15-35(16-12-31)47-27-51-29-49-47)19-21-39(43)40-22-20-38(32-13-17-36(18-14-32)48-28-52-30-50-48)24-44(40)46(45)26-42(41)34-9-5-2-6-10-34;1-2-4-27(5-3-1)32-16-19-37-38-20-33(28-6-10-30(11-7-28)41-23-45-25-43-41)14-17-35(38)36-18-15-34(22-39(36)40(37)21-32)29-8-12-31(13-9-29)42-24-46-26-44-42/h1-30H;1-26H. The maximum absolute atomic E-state index is 5.22. The fraction of sp³-hybridized carbons (Fsp3) is 0. The Kier molecular flexibility index (Phi) is 14.8. The van der Waals surface area contributed by atoms with Gasteiger partial charge in [-0.05, 0) is 185 Å². The molecule has 6 nitrogen and oxygen atoms in total. The van der Waals surface area contributed by atoms with Gasteiger partial charge in [-0.3, -0.25) is 0 Å². The number of benzene rings is 15. The summed E-state index contributed by atoms with van der Waals surface area (Å²) in [5.41, 5.74) is 28.5. The number of hydrogen-bond acceptors (Lipinski definition) is 8. The van der Waals surface area contributed by atoms with E-state index >= 15 is 0 Å². The molecule has 19 aromatic rings. The van der Waals surface area contributed by atoms with Crippen LogP contribution in [0.5, 0.6) is 0 Å². The zero-order valence-corrected chi connectivity index (χ0v) is 54.4. The summed E-state index contributed by atoms with van der Waals surface area (Å²) in [6.07, 6.45) is 6.28. The molecule has 0 saturated heterocycles. The van der Waals surface area contributed by atoms with Crippen LogP contribution in [0.2, 0.25) is 0 Å². The van der Waals surface area contributed by atoms with Gasteiger partial charge in [0.25, 0.3) is 0 Å². The molecule has 0 spiro atoms. The normalized spacial score (nSPS) is 11.5. The van der Waals surface area contributed by atoms with E-state index in [0.717, 1.165) is 67.3 Å². The second kappa shape index (κ2) is 25.0. The zero-order chi connectivity index (χ0) is 64.9. The molecule has 8 heteroatoms. The van der Waals surface area contributed by atoms with Crippen LogP contribution in [0.4, 0.5) is 0 Å². The van der Waals surface area contributed by atoms with E-state index in [-0.39, 0.29) is 0 Å². The summed E-state index contributed by atoms with van der Waals surface area (Å²) in [5, 5.41) is 19.1. The summed E-state index contributed by atoms with van der Waals surface area (Å²) in [6.45, 7) is 0. The summed E-state index contributed by atoms with van der Waals surface area (Å²) in [6, 6.07) is 106. The van der Waals surface area contributed by atoms with Gasteiger partial charge >= 0.3 is 0 Å². The molecule has 98 heavy (non-hydrogen) atoms. The van der Waals surface area contributed by atoms with Gasteiger partial charge in [0.15, 0.2) is 12.8 Å². The largest absolute Gasteiger partial charge is 0.451 e. The monoisotopic (exact) mass is 1290 g/mol. The van der Waals surface area contributed by atoms with Crippen molar-refractivity contribution in [3.05, 3.63) is 338 Å². The van der Waals surface area contributed by atoms with Crippen LogP contribution < -0.4 is 0 Å². The Morgan fingerprint density at radius 1 is 0.194 bits per heavy atom. The van der Waals surface area contributed by atoms with Gasteiger partial charge in [-0.25, -0.2) is 19.9 Å². The molecule has 460 valence electrons. The number of aromatic nitrogens is 4. The van der Waals surface area contributed by atoms with Gasteiger partial charge < -0.3 is 8.83 Å². The minimum Gasteiger partial charge on any atom is -0.451 e. The highest BCUT2D eigenvalue weighted by atomic mass is 32.1. The average Bonchev–Trinajstić information content (AvgIpc) is 1.08. The molecule has 0 bridgehead atoms.